The second-order valence-corrected chi connectivity index (χ2v) is 3.52. The molecular weight excluding hydrogens is 214 g/mol. The lowest BCUT2D eigenvalue weighted by Gasteiger charge is -2.20. The number of pyridine rings is 1. The van der Waals surface area contributed by atoms with Gasteiger partial charge in [0.05, 0.1) is 13.2 Å². The van der Waals surface area contributed by atoms with Gasteiger partial charge in [-0.25, -0.2) is 8.78 Å². The Balaban J connectivity index is 2.37. The van der Waals surface area contributed by atoms with Crippen molar-refractivity contribution in [1.82, 2.24) is 9.88 Å². The number of halogens is 2. The van der Waals surface area contributed by atoms with Crippen LogP contribution in [0.15, 0.2) is 24.5 Å². The summed E-state index contributed by atoms with van der Waals surface area (Å²) in [6.45, 7) is 0.430. The lowest BCUT2D eigenvalue weighted by atomic mass is 10.2. The van der Waals surface area contributed by atoms with Crippen LogP contribution in [0.5, 0.6) is 0 Å². The maximum absolute atomic E-state index is 12.2. The summed E-state index contributed by atoms with van der Waals surface area (Å²) in [6, 6.07) is 3.72. The third kappa shape index (κ3) is 5.14. The van der Waals surface area contributed by atoms with Gasteiger partial charge in [0, 0.05) is 25.5 Å². The van der Waals surface area contributed by atoms with E-state index in [-0.39, 0.29) is 19.7 Å². The van der Waals surface area contributed by atoms with Gasteiger partial charge in [-0.1, -0.05) is 0 Å². The Hall–Kier alpha value is -1.07. The molecule has 0 unspecified atom stereocenters. The molecular formula is C11H16F2N2O. The topological polar surface area (TPSA) is 36.4 Å². The lowest BCUT2D eigenvalue weighted by molar-refractivity contribution is 0.0789. The number of alkyl halides is 2. The van der Waals surface area contributed by atoms with Gasteiger partial charge in [0.2, 0.25) is 0 Å². The average Bonchev–Trinajstić information content (AvgIpc) is 2.27. The van der Waals surface area contributed by atoms with Crippen LogP contribution in [0.2, 0.25) is 0 Å². The van der Waals surface area contributed by atoms with Crippen molar-refractivity contribution in [1.29, 1.82) is 0 Å². The number of aliphatic hydroxyl groups excluding tert-OH is 1. The van der Waals surface area contributed by atoms with Gasteiger partial charge in [-0.3, -0.25) is 9.88 Å². The Labute approximate surface area is 93.7 Å². The molecule has 3 nitrogen and oxygen atoms in total. The minimum Gasteiger partial charge on any atom is -0.395 e. The monoisotopic (exact) mass is 230 g/mol. The zero-order chi connectivity index (χ0) is 11.8. The van der Waals surface area contributed by atoms with E-state index in [4.69, 9.17) is 5.11 Å². The Kier molecular flexibility index (Phi) is 5.88. The largest absolute Gasteiger partial charge is 0.395 e. The summed E-state index contributed by atoms with van der Waals surface area (Å²) in [4.78, 5) is 5.44. The zero-order valence-corrected chi connectivity index (χ0v) is 9.02. The fourth-order valence-corrected chi connectivity index (χ4v) is 1.47. The van der Waals surface area contributed by atoms with Crippen LogP contribution < -0.4 is 0 Å². The van der Waals surface area contributed by atoms with Gasteiger partial charge in [-0.15, -0.1) is 0 Å². The molecule has 0 aliphatic heterocycles. The van der Waals surface area contributed by atoms with Gasteiger partial charge in [0.15, 0.2) is 0 Å². The number of aliphatic hydroxyl groups is 1. The van der Waals surface area contributed by atoms with Crippen molar-refractivity contribution in [3.05, 3.63) is 30.1 Å². The Morgan fingerprint density at radius 3 is 2.50 bits per heavy atom. The van der Waals surface area contributed by atoms with E-state index in [1.54, 1.807) is 17.3 Å². The van der Waals surface area contributed by atoms with Gasteiger partial charge in [0.1, 0.15) is 0 Å². The van der Waals surface area contributed by atoms with Crippen LogP contribution in [0.25, 0.3) is 0 Å². The van der Waals surface area contributed by atoms with Crippen LogP contribution in [0.1, 0.15) is 5.56 Å². The van der Waals surface area contributed by atoms with Crippen LogP contribution in [0.3, 0.4) is 0 Å². The molecule has 0 aliphatic rings. The molecule has 0 spiro atoms. The normalized spacial score (nSPS) is 11.3. The van der Waals surface area contributed by atoms with Crippen LogP contribution in [0, 0.1) is 0 Å². The maximum Gasteiger partial charge on any atom is 0.251 e. The molecule has 16 heavy (non-hydrogen) atoms. The quantitative estimate of drug-likeness (QED) is 0.764. The molecule has 0 aromatic carbocycles. The highest BCUT2D eigenvalue weighted by atomic mass is 19.3. The highest BCUT2D eigenvalue weighted by Gasteiger charge is 2.11. The summed E-state index contributed by atoms with van der Waals surface area (Å²) in [6.07, 6.45) is 1.69. The average molecular weight is 230 g/mol. The van der Waals surface area contributed by atoms with Crippen LogP contribution in [0.4, 0.5) is 8.78 Å². The molecule has 90 valence electrons. The molecule has 1 aromatic rings. The summed E-state index contributed by atoms with van der Waals surface area (Å²) in [5.41, 5.74) is 1.06. The molecule has 1 rings (SSSR count). The standard InChI is InChI=1S/C11H16F2N2O/c12-11(13)9-15(7-8-16)6-3-10-1-4-14-5-2-10/h1-2,4-5,11,16H,3,6-9H2. The second-order valence-electron chi connectivity index (χ2n) is 3.52. The molecule has 0 amide bonds. The fourth-order valence-electron chi connectivity index (χ4n) is 1.47. The number of hydrogen-bond donors (Lipinski definition) is 1. The predicted molar refractivity (Wildman–Crippen MR) is 57.5 cm³/mol. The minimum absolute atomic E-state index is 0.0942. The van der Waals surface area contributed by atoms with Crippen molar-refractivity contribution in [2.75, 3.05) is 26.2 Å². The van der Waals surface area contributed by atoms with Gasteiger partial charge >= 0.3 is 0 Å². The van der Waals surface area contributed by atoms with E-state index in [1.807, 2.05) is 12.1 Å². The fraction of sp³-hybridized carbons (Fsp3) is 0.545. The Morgan fingerprint density at radius 2 is 1.94 bits per heavy atom. The van der Waals surface area contributed by atoms with Crippen molar-refractivity contribution >= 4 is 0 Å². The first kappa shape index (κ1) is 13.0. The van der Waals surface area contributed by atoms with E-state index in [0.29, 0.717) is 13.0 Å². The Bertz CT molecular complexity index is 283. The first-order valence-electron chi connectivity index (χ1n) is 5.22. The number of rotatable bonds is 7. The molecule has 5 heteroatoms. The predicted octanol–water partition coefficient (Wildman–Crippen LogP) is 1.18. The first-order chi connectivity index (χ1) is 7.72. The molecule has 1 N–H and O–H groups in total. The van der Waals surface area contributed by atoms with Gasteiger partial charge in [0.25, 0.3) is 6.43 Å². The summed E-state index contributed by atoms with van der Waals surface area (Å²) >= 11 is 0. The van der Waals surface area contributed by atoms with Crippen molar-refractivity contribution in [2.45, 2.75) is 12.8 Å². The third-order valence-electron chi connectivity index (χ3n) is 2.28. The number of hydrogen-bond acceptors (Lipinski definition) is 3. The summed E-state index contributed by atoms with van der Waals surface area (Å²) < 4.78 is 24.4. The van der Waals surface area contributed by atoms with Crippen LogP contribution in [-0.4, -0.2) is 47.7 Å². The van der Waals surface area contributed by atoms with E-state index in [0.717, 1.165) is 5.56 Å². The SMILES string of the molecule is OCCN(CCc1ccncc1)CC(F)F. The molecule has 0 atom stereocenters. The van der Waals surface area contributed by atoms with Crippen LogP contribution >= 0.6 is 0 Å². The molecule has 0 bridgehead atoms. The van der Waals surface area contributed by atoms with E-state index >= 15 is 0 Å². The highest BCUT2D eigenvalue weighted by Crippen LogP contribution is 2.02. The number of aromatic nitrogens is 1. The molecule has 0 aliphatic carbocycles. The van der Waals surface area contributed by atoms with Crippen molar-refractivity contribution in [3.8, 4) is 0 Å². The zero-order valence-electron chi connectivity index (χ0n) is 9.02. The summed E-state index contributed by atoms with van der Waals surface area (Å²) in [7, 11) is 0. The summed E-state index contributed by atoms with van der Waals surface area (Å²) in [5, 5.41) is 8.75. The van der Waals surface area contributed by atoms with Crippen molar-refractivity contribution in [2.24, 2.45) is 0 Å². The minimum atomic E-state index is -2.36. The Morgan fingerprint density at radius 1 is 1.25 bits per heavy atom. The van der Waals surface area contributed by atoms with E-state index in [1.165, 1.54) is 0 Å². The smallest absolute Gasteiger partial charge is 0.251 e. The molecule has 1 aromatic heterocycles. The molecule has 0 radical (unpaired) electrons. The summed E-state index contributed by atoms with van der Waals surface area (Å²) in [5.74, 6) is 0. The van der Waals surface area contributed by atoms with Crippen molar-refractivity contribution in [3.63, 3.8) is 0 Å². The highest BCUT2D eigenvalue weighted by molar-refractivity contribution is 5.09. The molecule has 0 saturated carbocycles. The van der Waals surface area contributed by atoms with Gasteiger partial charge in [-0.2, -0.15) is 0 Å². The van der Waals surface area contributed by atoms with E-state index in [2.05, 4.69) is 4.98 Å². The van der Waals surface area contributed by atoms with Crippen LogP contribution in [-0.2, 0) is 6.42 Å². The van der Waals surface area contributed by atoms with E-state index < -0.39 is 6.43 Å². The third-order valence-corrected chi connectivity index (χ3v) is 2.28. The second kappa shape index (κ2) is 7.24. The lowest BCUT2D eigenvalue weighted by Crippen LogP contribution is -2.33. The number of nitrogens with zero attached hydrogens (tertiary/aromatic N) is 2. The molecule has 0 fully saturated rings. The van der Waals surface area contributed by atoms with Crippen molar-refractivity contribution < 1.29 is 13.9 Å². The van der Waals surface area contributed by atoms with E-state index in [9.17, 15) is 8.78 Å². The molecule has 1 heterocycles. The van der Waals surface area contributed by atoms with Gasteiger partial charge < -0.3 is 5.11 Å². The first-order valence-corrected chi connectivity index (χ1v) is 5.22. The van der Waals surface area contributed by atoms with Gasteiger partial charge in [-0.05, 0) is 24.1 Å². The maximum atomic E-state index is 12.2. The molecule has 0 saturated heterocycles.